The van der Waals surface area contributed by atoms with Crippen LogP contribution < -0.4 is 10.1 Å². The van der Waals surface area contributed by atoms with E-state index < -0.39 is 0 Å². The highest BCUT2D eigenvalue weighted by molar-refractivity contribution is 5.77. The van der Waals surface area contributed by atoms with Gasteiger partial charge in [-0.3, -0.25) is 0 Å². The monoisotopic (exact) mass is 328 g/mol. The van der Waals surface area contributed by atoms with Gasteiger partial charge in [0.2, 0.25) is 0 Å². The molecule has 1 aliphatic heterocycles. The standard InChI is InChI=1S/C20H28N2O2/c1-19(2)11-16-12-20(3,13-19)14-22(16)18(23)21-10-9-15-7-5-6-8-17(15)24-4/h5-10,16H,11-14H2,1-4H3,(H,21,23)/b10-9+. The fourth-order valence-corrected chi connectivity index (χ4v) is 4.79. The topological polar surface area (TPSA) is 41.6 Å². The average molecular weight is 328 g/mol. The van der Waals surface area contributed by atoms with Gasteiger partial charge in [0.25, 0.3) is 0 Å². The molecule has 4 nitrogen and oxygen atoms in total. The Labute approximate surface area is 144 Å². The zero-order valence-electron chi connectivity index (χ0n) is 15.1. The second kappa shape index (κ2) is 6.15. The van der Waals surface area contributed by atoms with Crippen LogP contribution in [0.1, 0.15) is 45.6 Å². The number of hydrogen-bond donors (Lipinski definition) is 1. The Balaban J connectivity index is 1.65. The number of carbonyl (C=O) groups is 1. The van der Waals surface area contributed by atoms with Crippen molar-refractivity contribution in [2.75, 3.05) is 13.7 Å². The summed E-state index contributed by atoms with van der Waals surface area (Å²) in [7, 11) is 1.65. The van der Waals surface area contributed by atoms with Crippen LogP contribution in [0.3, 0.4) is 0 Å². The Hall–Kier alpha value is -1.97. The molecule has 1 aromatic carbocycles. The van der Waals surface area contributed by atoms with Crippen molar-refractivity contribution >= 4 is 12.1 Å². The molecular weight excluding hydrogens is 300 g/mol. The lowest BCUT2D eigenvalue weighted by molar-refractivity contribution is 0.129. The number of carbonyl (C=O) groups excluding carboxylic acids is 1. The molecule has 1 saturated carbocycles. The van der Waals surface area contributed by atoms with E-state index in [1.807, 2.05) is 35.2 Å². The van der Waals surface area contributed by atoms with E-state index in [4.69, 9.17) is 4.74 Å². The maximum atomic E-state index is 12.6. The molecule has 4 heteroatoms. The molecule has 2 atom stereocenters. The van der Waals surface area contributed by atoms with Crippen LogP contribution in [0.5, 0.6) is 5.75 Å². The molecule has 0 spiro atoms. The molecule has 1 N–H and O–H groups in total. The second-order valence-electron chi connectivity index (χ2n) is 8.37. The molecule has 3 rings (SSSR count). The molecule has 1 aliphatic carbocycles. The average Bonchev–Trinajstić information content (AvgIpc) is 2.76. The van der Waals surface area contributed by atoms with Gasteiger partial charge in [0.1, 0.15) is 5.75 Å². The maximum absolute atomic E-state index is 12.6. The summed E-state index contributed by atoms with van der Waals surface area (Å²) < 4.78 is 5.32. The molecule has 2 bridgehead atoms. The van der Waals surface area contributed by atoms with Crippen LogP contribution in [-0.4, -0.2) is 30.6 Å². The first-order valence-corrected chi connectivity index (χ1v) is 8.69. The predicted molar refractivity (Wildman–Crippen MR) is 96.8 cm³/mol. The van der Waals surface area contributed by atoms with Gasteiger partial charge in [-0.1, -0.05) is 39.0 Å². The van der Waals surface area contributed by atoms with Gasteiger partial charge in [-0.2, -0.15) is 0 Å². The van der Waals surface area contributed by atoms with Gasteiger partial charge in [-0.15, -0.1) is 0 Å². The van der Waals surface area contributed by atoms with Crippen LogP contribution in [0.25, 0.3) is 6.08 Å². The van der Waals surface area contributed by atoms with E-state index in [0.29, 0.717) is 11.5 Å². The first-order chi connectivity index (χ1) is 11.3. The summed E-state index contributed by atoms with van der Waals surface area (Å²) in [5, 5.41) is 2.93. The summed E-state index contributed by atoms with van der Waals surface area (Å²) in [5.41, 5.74) is 1.53. The Morgan fingerprint density at radius 3 is 2.79 bits per heavy atom. The molecule has 1 aromatic rings. The summed E-state index contributed by atoms with van der Waals surface area (Å²) in [5.74, 6) is 0.800. The third-order valence-corrected chi connectivity index (χ3v) is 5.28. The first kappa shape index (κ1) is 16.9. The Morgan fingerprint density at radius 2 is 2.04 bits per heavy atom. The number of ether oxygens (including phenoxy) is 1. The number of fused-ring (bicyclic) bond motifs is 2. The number of methoxy groups -OCH3 is 1. The van der Waals surface area contributed by atoms with E-state index in [-0.39, 0.29) is 11.4 Å². The summed E-state index contributed by atoms with van der Waals surface area (Å²) in [6.45, 7) is 7.81. The molecule has 130 valence electrons. The highest BCUT2D eigenvalue weighted by Gasteiger charge is 2.50. The van der Waals surface area contributed by atoms with E-state index in [0.717, 1.165) is 30.7 Å². The predicted octanol–water partition coefficient (Wildman–Crippen LogP) is 4.28. The van der Waals surface area contributed by atoms with Crippen LogP contribution in [0.15, 0.2) is 30.5 Å². The van der Waals surface area contributed by atoms with Crippen molar-refractivity contribution < 1.29 is 9.53 Å². The van der Waals surface area contributed by atoms with Crippen LogP contribution >= 0.6 is 0 Å². The lowest BCUT2D eigenvalue weighted by Crippen LogP contribution is -2.41. The van der Waals surface area contributed by atoms with Crippen molar-refractivity contribution in [1.29, 1.82) is 0 Å². The number of para-hydroxylation sites is 1. The molecule has 2 unspecified atom stereocenters. The number of nitrogens with zero attached hydrogens (tertiary/aromatic N) is 1. The van der Waals surface area contributed by atoms with Crippen molar-refractivity contribution in [2.24, 2.45) is 10.8 Å². The molecule has 2 aliphatic rings. The molecule has 0 radical (unpaired) electrons. The van der Waals surface area contributed by atoms with Gasteiger partial charge in [0.05, 0.1) is 7.11 Å². The van der Waals surface area contributed by atoms with Gasteiger partial charge in [0.15, 0.2) is 0 Å². The highest BCUT2D eigenvalue weighted by atomic mass is 16.5. The number of amides is 2. The third-order valence-electron chi connectivity index (χ3n) is 5.28. The van der Waals surface area contributed by atoms with Crippen molar-refractivity contribution in [2.45, 2.75) is 46.1 Å². The molecule has 1 heterocycles. The van der Waals surface area contributed by atoms with Crippen molar-refractivity contribution in [3.05, 3.63) is 36.0 Å². The number of hydrogen-bond acceptors (Lipinski definition) is 2. The lowest BCUT2D eigenvalue weighted by atomic mass is 9.65. The van der Waals surface area contributed by atoms with E-state index in [2.05, 4.69) is 26.1 Å². The lowest BCUT2D eigenvalue weighted by Gasteiger charge is -2.39. The fourth-order valence-electron chi connectivity index (χ4n) is 4.79. The molecule has 2 fully saturated rings. The normalized spacial score (nSPS) is 28.2. The number of rotatable bonds is 3. The van der Waals surface area contributed by atoms with Crippen LogP contribution in [-0.2, 0) is 0 Å². The molecular formula is C20H28N2O2. The van der Waals surface area contributed by atoms with Crippen molar-refractivity contribution in [3.8, 4) is 5.75 Å². The van der Waals surface area contributed by atoms with Crippen molar-refractivity contribution in [1.82, 2.24) is 10.2 Å². The zero-order chi connectivity index (χ0) is 17.4. The fraction of sp³-hybridized carbons (Fsp3) is 0.550. The number of urea groups is 1. The van der Waals surface area contributed by atoms with Crippen molar-refractivity contribution in [3.63, 3.8) is 0 Å². The molecule has 24 heavy (non-hydrogen) atoms. The summed E-state index contributed by atoms with van der Waals surface area (Å²) in [6.07, 6.45) is 7.00. The van der Waals surface area contributed by atoms with E-state index in [9.17, 15) is 4.79 Å². The molecule has 1 saturated heterocycles. The minimum Gasteiger partial charge on any atom is -0.496 e. The minimum absolute atomic E-state index is 0.00701. The van der Waals surface area contributed by atoms with E-state index >= 15 is 0 Å². The number of nitrogens with one attached hydrogen (secondary N) is 1. The first-order valence-electron chi connectivity index (χ1n) is 8.69. The van der Waals surface area contributed by atoms with Crippen LogP contribution in [0, 0.1) is 10.8 Å². The Kier molecular flexibility index (Phi) is 4.33. The van der Waals surface area contributed by atoms with Gasteiger partial charge in [-0.05, 0) is 42.2 Å². The van der Waals surface area contributed by atoms with Gasteiger partial charge < -0.3 is 15.0 Å². The van der Waals surface area contributed by atoms with E-state index in [1.165, 1.54) is 6.42 Å². The van der Waals surface area contributed by atoms with E-state index in [1.54, 1.807) is 13.3 Å². The Bertz CT molecular complexity index is 653. The summed E-state index contributed by atoms with van der Waals surface area (Å²) in [6, 6.07) is 8.13. The molecule has 2 amide bonds. The van der Waals surface area contributed by atoms with Gasteiger partial charge >= 0.3 is 6.03 Å². The zero-order valence-corrected chi connectivity index (χ0v) is 15.1. The van der Waals surface area contributed by atoms with Gasteiger partial charge in [0, 0.05) is 24.4 Å². The maximum Gasteiger partial charge on any atom is 0.321 e. The SMILES string of the molecule is COc1ccccc1/C=C/NC(=O)N1CC2(C)CC1CC(C)(C)C2. The summed E-state index contributed by atoms with van der Waals surface area (Å²) in [4.78, 5) is 14.6. The highest BCUT2D eigenvalue weighted by Crippen LogP contribution is 2.52. The Morgan fingerprint density at radius 1 is 1.29 bits per heavy atom. The quantitative estimate of drug-likeness (QED) is 0.900. The largest absolute Gasteiger partial charge is 0.496 e. The minimum atomic E-state index is 0.00701. The third kappa shape index (κ3) is 3.42. The number of benzene rings is 1. The summed E-state index contributed by atoms with van der Waals surface area (Å²) >= 11 is 0. The second-order valence-corrected chi connectivity index (χ2v) is 8.37. The van der Waals surface area contributed by atoms with Crippen LogP contribution in [0.4, 0.5) is 4.79 Å². The van der Waals surface area contributed by atoms with Gasteiger partial charge in [-0.25, -0.2) is 4.79 Å². The van der Waals surface area contributed by atoms with Crippen LogP contribution in [0.2, 0.25) is 0 Å². The smallest absolute Gasteiger partial charge is 0.321 e. The molecule has 0 aromatic heterocycles. The number of likely N-dealkylation sites (tertiary alicyclic amines) is 1.